The quantitative estimate of drug-likeness (QED) is 0.288. The molecule has 2 aliphatic rings. The number of hydrogen-bond donors (Lipinski definition) is 1. The van der Waals surface area contributed by atoms with Crippen molar-refractivity contribution in [3.8, 4) is 11.5 Å². The van der Waals surface area contributed by atoms with Gasteiger partial charge in [0.25, 0.3) is 11.7 Å². The van der Waals surface area contributed by atoms with Crippen LogP contribution in [0.2, 0.25) is 0 Å². The van der Waals surface area contributed by atoms with Gasteiger partial charge in [-0.15, -0.1) is 0 Å². The van der Waals surface area contributed by atoms with Crippen molar-refractivity contribution in [1.29, 1.82) is 0 Å². The van der Waals surface area contributed by atoms with Gasteiger partial charge in [0.1, 0.15) is 23.4 Å². The molecule has 0 aliphatic carbocycles. The van der Waals surface area contributed by atoms with Crippen LogP contribution in [0.25, 0.3) is 5.76 Å². The number of carbonyl (C=O) groups is 2. The molecule has 3 aromatic rings. The molecule has 2 aliphatic heterocycles. The Labute approximate surface area is 210 Å². The zero-order valence-electron chi connectivity index (χ0n) is 20.4. The van der Waals surface area contributed by atoms with E-state index < -0.39 is 17.7 Å². The molecule has 6 nitrogen and oxygen atoms in total. The summed E-state index contributed by atoms with van der Waals surface area (Å²) in [6.07, 6.45) is 1.38. The molecule has 1 amide bonds. The highest BCUT2D eigenvalue weighted by molar-refractivity contribution is 6.46. The van der Waals surface area contributed by atoms with Gasteiger partial charge < -0.3 is 19.5 Å². The molecule has 0 unspecified atom stereocenters. The van der Waals surface area contributed by atoms with Crippen molar-refractivity contribution in [2.75, 3.05) is 13.2 Å². The van der Waals surface area contributed by atoms with Crippen LogP contribution in [0.3, 0.4) is 0 Å². The number of likely N-dealkylation sites (tertiary alicyclic amines) is 1. The first-order valence-corrected chi connectivity index (χ1v) is 12.3. The number of aliphatic hydroxyl groups is 1. The molecule has 2 atom stereocenters. The van der Waals surface area contributed by atoms with E-state index in [2.05, 4.69) is 0 Å². The van der Waals surface area contributed by atoms with Crippen molar-refractivity contribution >= 4 is 17.4 Å². The van der Waals surface area contributed by atoms with Crippen LogP contribution >= 0.6 is 0 Å². The predicted octanol–water partition coefficient (Wildman–Crippen LogP) is 5.07. The van der Waals surface area contributed by atoms with Gasteiger partial charge in [0.05, 0.1) is 18.2 Å². The summed E-state index contributed by atoms with van der Waals surface area (Å²) in [5.41, 5.74) is 3.39. The van der Waals surface area contributed by atoms with E-state index in [1.165, 1.54) is 0 Å². The van der Waals surface area contributed by atoms with Crippen molar-refractivity contribution in [3.63, 3.8) is 0 Å². The molecule has 0 radical (unpaired) electrons. The summed E-state index contributed by atoms with van der Waals surface area (Å²) in [6, 6.07) is 21.9. The molecule has 2 heterocycles. The van der Waals surface area contributed by atoms with Crippen LogP contribution in [-0.2, 0) is 22.4 Å². The van der Waals surface area contributed by atoms with Gasteiger partial charge in [0, 0.05) is 18.5 Å². The predicted molar refractivity (Wildman–Crippen MR) is 137 cm³/mol. The molecule has 184 valence electrons. The molecule has 3 aromatic carbocycles. The normalized spacial score (nSPS) is 20.3. The van der Waals surface area contributed by atoms with Crippen LogP contribution in [0.15, 0.2) is 78.4 Å². The molecular formula is C30H29NO5. The third-order valence-electron chi connectivity index (χ3n) is 6.70. The number of hydrogen-bond acceptors (Lipinski definition) is 5. The maximum absolute atomic E-state index is 13.3. The summed E-state index contributed by atoms with van der Waals surface area (Å²) >= 11 is 0. The Kier molecular flexibility index (Phi) is 6.51. The van der Waals surface area contributed by atoms with E-state index in [4.69, 9.17) is 9.47 Å². The Balaban J connectivity index is 1.56. The first-order valence-electron chi connectivity index (χ1n) is 12.3. The fourth-order valence-corrected chi connectivity index (χ4v) is 4.99. The minimum Gasteiger partial charge on any atom is -0.507 e. The van der Waals surface area contributed by atoms with Crippen molar-refractivity contribution < 1.29 is 24.2 Å². The Morgan fingerprint density at radius 1 is 1.06 bits per heavy atom. The first-order chi connectivity index (χ1) is 17.5. The zero-order chi connectivity index (χ0) is 25.2. The van der Waals surface area contributed by atoms with Gasteiger partial charge in [-0.1, -0.05) is 42.5 Å². The fraction of sp³-hybridized carbons (Fsp3) is 0.267. The van der Waals surface area contributed by atoms with Gasteiger partial charge in [-0.3, -0.25) is 9.59 Å². The molecular weight excluding hydrogens is 454 g/mol. The Morgan fingerprint density at radius 3 is 2.53 bits per heavy atom. The fourth-order valence-electron chi connectivity index (χ4n) is 4.99. The van der Waals surface area contributed by atoms with Crippen molar-refractivity contribution in [2.24, 2.45) is 0 Å². The molecule has 5 rings (SSSR count). The molecule has 6 heteroatoms. The van der Waals surface area contributed by atoms with E-state index >= 15 is 0 Å². The summed E-state index contributed by atoms with van der Waals surface area (Å²) < 4.78 is 11.4. The SMILES string of the molecule is CCOc1ccc([C@@H]2C(=C(O)c3ccc4c(c3)C[C@@H](C)O4)C(=O)C(=O)N2CCc2ccccc2)cc1. The first kappa shape index (κ1) is 23.7. The number of ether oxygens (including phenoxy) is 2. The number of fused-ring (bicyclic) bond motifs is 1. The third-order valence-corrected chi connectivity index (χ3v) is 6.70. The molecule has 0 saturated carbocycles. The van der Waals surface area contributed by atoms with Crippen molar-refractivity contribution in [3.05, 3.63) is 101 Å². The highest BCUT2D eigenvalue weighted by atomic mass is 16.5. The average molecular weight is 484 g/mol. The van der Waals surface area contributed by atoms with Crippen LogP contribution in [0, 0.1) is 0 Å². The average Bonchev–Trinajstić information content (AvgIpc) is 3.39. The van der Waals surface area contributed by atoms with E-state index in [0.717, 1.165) is 28.9 Å². The summed E-state index contributed by atoms with van der Waals surface area (Å²) in [4.78, 5) is 28.1. The lowest BCUT2D eigenvalue weighted by Gasteiger charge is -2.25. The van der Waals surface area contributed by atoms with Gasteiger partial charge in [-0.25, -0.2) is 0 Å². The summed E-state index contributed by atoms with van der Waals surface area (Å²) in [6.45, 7) is 4.78. The van der Waals surface area contributed by atoms with Gasteiger partial charge >= 0.3 is 0 Å². The molecule has 0 bridgehead atoms. The second kappa shape index (κ2) is 9.90. The number of nitrogens with zero attached hydrogens (tertiary/aromatic N) is 1. The van der Waals surface area contributed by atoms with Crippen molar-refractivity contribution in [2.45, 2.75) is 38.8 Å². The van der Waals surface area contributed by atoms with Crippen molar-refractivity contribution in [1.82, 2.24) is 4.90 Å². The van der Waals surface area contributed by atoms with Crippen LogP contribution in [0.5, 0.6) is 11.5 Å². The maximum Gasteiger partial charge on any atom is 0.295 e. The molecule has 36 heavy (non-hydrogen) atoms. The highest BCUT2D eigenvalue weighted by Gasteiger charge is 2.46. The number of carbonyl (C=O) groups excluding carboxylic acids is 2. The minimum atomic E-state index is -0.701. The third kappa shape index (κ3) is 4.47. The van der Waals surface area contributed by atoms with Gasteiger partial charge in [-0.2, -0.15) is 0 Å². The van der Waals surface area contributed by atoms with Crippen LogP contribution in [0.4, 0.5) is 0 Å². The number of benzene rings is 3. The van der Waals surface area contributed by atoms with Crippen LogP contribution in [-0.4, -0.2) is 41.0 Å². The Morgan fingerprint density at radius 2 is 1.81 bits per heavy atom. The topological polar surface area (TPSA) is 76.1 Å². The van der Waals surface area contributed by atoms with E-state index in [0.29, 0.717) is 30.9 Å². The van der Waals surface area contributed by atoms with E-state index in [1.807, 2.05) is 80.6 Å². The molecule has 1 fully saturated rings. The van der Waals surface area contributed by atoms with E-state index in [-0.39, 0.29) is 17.4 Å². The molecule has 0 spiro atoms. The maximum atomic E-state index is 13.3. The Hall–Kier alpha value is -4.06. The summed E-state index contributed by atoms with van der Waals surface area (Å²) in [5, 5.41) is 11.4. The van der Waals surface area contributed by atoms with Gasteiger partial charge in [-0.05, 0) is 67.3 Å². The van der Waals surface area contributed by atoms with E-state index in [9.17, 15) is 14.7 Å². The zero-order valence-corrected chi connectivity index (χ0v) is 20.4. The lowest BCUT2D eigenvalue weighted by Crippen LogP contribution is -2.31. The lowest BCUT2D eigenvalue weighted by molar-refractivity contribution is -0.139. The lowest BCUT2D eigenvalue weighted by atomic mass is 9.94. The van der Waals surface area contributed by atoms with Crippen LogP contribution in [0.1, 0.15) is 42.1 Å². The molecule has 0 aromatic heterocycles. The number of ketones is 1. The minimum absolute atomic E-state index is 0.0600. The number of rotatable bonds is 7. The Bertz CT molecular complexity index is 1310. The summed E-state index contributed by atoms with van der Waals surface area (Å²) in [7, 11) is 0. The highest BCUT2D eigenvalue weighted by Crippen LogP contribution is 2.41. The summed E-state index contributed by atoms with van der Waals surface area (Å²) in [5.74, 6) is 0.0338. The molecule has 1 saturated heterocycles. The standard InChI is InChI=1S/C30H29NO5/c1-3-35-24-12-9-21(10-13-24)27-26(28(32)22-11-14-25-23(18-22)17-19(2)36-25)29(33)30(34)31(27)16-15-20-7-5-4-6-8-20/h4-14,18-19,27,32H,3,15-17H2,1-2H3/t19-,27-/m1/s1. The number of amides is 1. The monoisotopic (exact) mass is 483 g/mol. The number of Topliss-reactive ketones (excluding diaryl/α,β-unsaturated/α-hetero) is 1. The second-order valence-corrected chi connectivity index (χ2v) is 9.19. The smallest absolute Gasteiger partial charge is 0.295 e. The molecule has 1 N–H and O–H groups in total. The van der Waals surface area contributed by atoms with Gasteiger partial charge in [0.15, 0.2) is 0 Å². The van der Waals surface area contributed by atoms with Gasteiger partial charge in [0.2, 0.25) is 0 Å². The largest absolute Gasteiger partial charge is 0.507 e. The van der Waals surface area contributed by atoms with Crippen LogP contribution < -0.4 is 9.47 Å². The second-order valence-electron chi connectivity index (χ2n) is 9.19. The van der Waals surface area contributed by atoms with E-state index in [1.54, 1.807) is 11.0 Å². The number of aliphatic hydroxyl groups excluding tert-OH is 1.